The molecule has 1 aromatic heterocycles. The fourth-order valence-corrected chi connectivity index (χ4v) is 3.55. The highest BCUT2D eigenvalue weighted by atomic mass is 32.1. The smallest absolute Gasteiger partial charge is 0.329 e. The molecule has 1 saturated carbocycles. The Morgan fingerprint density at radius 1 is 1.18 bits per heavy atom. The van der Waals surface area contributed by atoms with Gasteiger partial charge in [0.15, 0.2) is 0 Å². The van der Waals surface area contributed by atoms with Crippen molar-refractivity contribution in [2.24, 2.45) is 0 Å². The minimum Gasteiger partial charge on any atom is -0.480 e. The highest BCUT2D eigenvalue weighted by Crippen LogP contribution is 2.30. The molecule has 0 atom stereocenters. The van der Waals surface area contributed by atoms with Gasteiger partial charge in [0.05, 0.1) is 0 Å². The molecule has 1 aliphatic rings. The van der Waals surface area contributed by atoms with Gasteiger partial charge in [-0.3, -0.25) is 4.79 Å². The van der Waals surface area contributed by atoms with E-state index in [1.807, 2.05) is 30.3 Å². The Balaban J connectivity index is 1.79. The van der Waals surface area contributed by atoms with Crippen molar-refractivity contribution < 1.29 is 14.7 Å². The fraction of sp³-hybridized carbons (Fsp3) is 0.312. The minimum atomic E-state index is -1.13. The van der Waals surface area contributed by atoms with Crippen LogP contribution in [0.15, 0.2) is 35.7 Å². The summed E-state index contributed by atoms with van der Waals surface area (Å²) in [5.41, 5.74) is 0.0879. The summed E-state index contributed by atoms with van der Waals surface area (Å²) in [5.74, 6) is -1.38. The van der Waals surface area contributed by atoms with Crippen LogP contribution in [0.4, 0.5) is 0 Å². The van der Waals surface area contributed by atoms with Crippen LogP contribution in [0.5, 0.6) is 0 Å². The summed E-state index contributed by atoms with van der Waals surface area (Å²) in [6.45, 7) is 0. The average Bonchev–Trinajstić information content (AvgIpc) is 3.18. The van der Waals surface area contributed by atoms with E-state index in [1.165, 1.54) is 11.3 Å². The summed E-state index contributed by atoms with van der Waals surface area (Å²) in [7, 11) is 0. The van der Waals surface area contributed by atoms with Crippen LogP contribution in [-0.2, 0) is 4.79 Å². The standard InChI is InChI=1S/C16H16N2O3S/c19-13(18-16(15(20)21)8-4-5-9-16)12-10-22-14(17-12)11-6-2-1-3-7-11/h1-3,6-7,10H,4-5,8-9H2,(H,18,19)(H,20,21). The van der Waals surface area contributed by atoms with Crippen molar-refractivity contribution in [3.8, 4) is 10.6 Å². The summed E-state index contributed by atoms with van der Waals surface area (Å²) in [6, 6.07) is 9.59. The van der Waals surface area contributed by atoms with Gasteiger partial charge in [0.2, 0.25) is 0 Å². The zero-order chi connectivity index (χ0) is 15.6. The number of carbonyl (C=O) groups excluding carboxylic acids is 1. The Bertz CT molecular complexity index is 690. The van der Waals surface area contributed by atoms with E-state index in [1.54, 1.807) is 5.38 Å². The van der Waals surface area contributed by atoms with E-state index < -0.39 is 17.4 Å². The Hall–Kier alpha value is -2.21. The van der Waals surface area contributed by atoms with Crippen molar-refractivity contribution in [3.63, 3.8) is 0 Å². The summed E-state index contributed by atoms with van der Waals surface area (Å²) in [4.78, 5) is 28.1. The largest absolute Gasteiger partial charge is 0.480 e. The van der Waals surface area contributed by atoms with E-state index >= 15 is 0 Å². The lowest BCUT2D eigenvalue weighted by atomic mass is 9.98. The molecule has 22 heavy (non-hydrogen) atoms. The molecule has 114 valence electrons. The van der Waals surface area contributed by atoms with E-state index in [0.717, 1.165) is 23.4 Å². The SMILES string of the molecule is O=C(NC1(C(=O)O)CCCC1)c1csc(-c2ccccc2)n1. The normalized spacial score (nSPS) is 16.4. The second kappa shape index (κ2) is 5.88. The van der Waals surface area contributed by atoms with Crippen molar-refractivity contribution in [1.82, 2.24) is 10.3 Å². The van der Waals surface area contributed by atoms with Gasteiger partial charge in [-0.1, -0.05) is 43.2 Å². The van der Waals surface area contributed by atoms with Crippen LogP contribution in [0.2, 0.25) is 0 Å². The van der Waals surface area contributed by atoms with E-state index in [0.29, 0.717) is 12.8 Å². The lowest BCUT2D eigenvalue weighted by Gasteiger charge is -2.24. The van der Waals surface area contributed by atoms with Crippen molar-refractivity contribution in [2.75, 3.05) is 0 Å². The number of carbonyl (C=O) groups is 2. The van der Waals surface area contributed by atoms with Crippen LogP contribution in [-0.4, -0.2) is 27.5 Å². The van der Waals surface area contributed by atoms with Gasteiger partial charge in [-0.15, -0.1) is 11.3 Å². The third kappa shape index (κ3) is 2.74. The van der Waals surface area contributed by atoms with Gasteiger partial charge in [0, 0.05) is 10.9 Å². The first-order valence-corrected chi connectivity index (χ1v) is 8.06. The topological polar surface area (TPSA) is 79.3 Å². The van der Waals surface area contributed by atoms with Gasteiger partial charge < -0.3 is 10.4 Å². The number of hydrogen-bond acceptors (Lipinski definition) is 4. The van der Waals surface area contributed by atoms with Crippen molar-refractivity contribution in [3.05, 3.63) is 41.4 Å². The lowest BCUT2D eigenvalue weighted by Crippen LogP contribution is -2.52. The van der Waals surface area contributed by atoms with Gasteiger partial charge in [0.25, 0.3) is 5.91 Å². The Labute approximate surface area is 132 Å². The third-order valence-electron chi connectivity index (χ3n) is 3.98. The molecule has 1 amide bonds. The number of nitrogens with one attached hydrogen (secondary N) is 1. The van der Waals surface area contributed by atoms with E-state index in [9.17, 15) is 14.7 Å². The number of carboxylic acids is 1. The molecule has 1 aliphatic carbocycles. The molecular formula is C16H16N2O3S. The Morgan fingerprint density at radius 3 is 2.50 bits per heavy atom. The van der Waals surface area contributed by atoms with Crippen LogP contribution >= 0.6 is 11.3 Å². The van der Waals surface area contributed by atoms with E-state index in [4.69, 9.17) is 0 Å². The molecular weight excluding hydrogens is 300 g/mol. The van der Waals surface area contributed by atoms with Crippen LogP contribution in [0, 0.1) is 0 Å². The first-order valence-electron chi connectivity index (χ1n) is 7.18. The maximum Gasteiger partial charge on any atom is 0.329 e. The number of benzene rings is 1. The summed E-state index contributed by atoms with van der Waals surface area (Å²) >= 11 is 1.38. The molecule has 0 saturated heterocycles. The number of aliphatic carboxylic acids is 1. The quantitative estimate of drug-likeness (QED) is 0.909. The number of amides is 1. The Kier molecular flexibility index (Phi) is 3.94. The molecule has 1 heterocycles. The minimum absolute atomic E-state index is 0.274. The summed E-state index contributed by atoms with van der Waals surface area (Å²) < 4.78 is 0. The van der Waals surface area contributed by atoms with Crippen LogP contribution in [0.25, 0.3) is 10.6 Å². The molecule has 2 N–H and O–H groups in total. The number of aromatic nitrogens is 1. The maximum absolute atomic E-state index is 12.3. The molecule has 2 aromatic rings. The predicted molar refractivity (Wildman–Crippen MR) is 83.9 cm³/mol. The average molecular weight is 316 g/mol. The van der Waals surface area contributed by atoms with Gasteiger partial charge in [0.1, 0.15) is 16.2 Å². The van der Waals surface area contributed by atoms with Gasteiger partial charge >= 0.3 is 5.97 Å². The molecule has 0 aliphatic heterocycles. The molecule has 0 unspecified atom stereocenters. The van der Waals surface area contributed by atoms with Gasteiger partial charge in [-0.05, 0) is 12.8 Å². The maximum atomic E-state index is 12.3. The second-order valence-electron chi connectivity index (χ2n) is 5.45. The number of carboxylic acid groups (broad SMARTS) is 1. The van der Waals surface area contributed by atoms with Gasteiger partial charge in [-0.2, -0.15) is 0 Å². The number of hydrogen-bond donors (Lipinski definition) is 2. The molecule has 0 radical (unpaired) electrons. The number of nitrogens with zero attached hydrogens (tertiary/aromatic N) is 1. The van der Waals surface area contributed by atoms with Crippen molar-refractivity contribution in [2.45, 2.75) is 31.2 Å². The molecule has 1 fully saturated rings. The summed E-state index contributed by atoms with van der Waals surface area (Å²) in [6.07, 6.45) is 2.59. The number of thiazole rings is 1. The van der Waals surface area contributed by atoms with E-state index in [2.05, 4.69) is 10.3 Å². The zero-order valence-electron chi connectivity index (χ0n) is 11.9. The fourth-order valence-electron chi connectivity index (χ4n) is 2.74. The highest BCUT2D eigenvalue weighted by Gasteiger charge is 2.43. The third-order valence-corrected chi connectivity index (χ3v) is 4.87. The van der Waals surface area contributed by atoms with Crippen LogP contribution in [0.3, 0.4) is 0 Å². The number of rotatable bonds is 4. The molecule has 0 spiro atoms. The molecule has 0 bridgehead atoms. The molecule has 1 aromatic carbocycles. The monoisotopic (exact) mass is 316 g/mol. The first-order chi connectivity index (χ1) is 10.6. The highest BCUT2D eigenvalue weighted by molar-refractivity contribution is 7.13. The van der Waals surface area contributed by atoms with E-state index in [-0.39, 0.29) is 5.69 Å². The Morgan fingerprint density at radius 2 is 1.86 bits per heavy atom. The van der Waals surface area contributed by atoms with Crippen molar-refractivity contribution >= 4 is 23.2 Å². The molecule has 6 heteroatoms. The molecule has 5 nitrogen and oxygen atoms in total. The van der Waals surface area contributed by atoms with Crippen LogP contribution < -0.4 is 5.32 Å². The lowest BCUT2D eigenvalue weighted by molar-refractivity contribution is -0.144. The first kappa shape index (κ1) is 14.7. The van der Waals surface area contributed by atoms with Crippen molar-refractivity contribution in [1.29, 1.82) is 0 Å². The van der Waals surface area contributed by atoms with Crippen LogP contribution in [0.1, 0.15) is 36.2 Å². The zero-order valence-corrected chi connectivity index (χ0v) is 12.7. The molecule has 3 rings (SSSR count). The summed E-state index contributed by atoms with van der Waals surface area (Å²) in [5, 5.41) is 14.5. The van der Waals surface area contributed by atoms with Gasteiger partial charge in [-0.25, -0.2) is 9.78 Å². The second-order valence-corrected chi connectivity index (χ2v) is 6.31. The predicted octanol–water partition coefficient (Wildman–Crippen LogP) is 2.94.